The molecule has 0 aliphatic heterocycles. The van der Waals surface area contributed by atoms with Gasteiger partial charge >= 0.3 is 11.8 Å². The average molecular weight is 317 g/mol. The van der Waals surface area contributed by atoms with E-state index in [1.54, 1.807) is 0 Å². The largest absolute Gasteiger partial charge is 0.465 e. The third-order valence-electron chi connectivity index (χ3n) is 2.49. The maximum absolute atomic E-state index is 12.0. The highest BCUT2D eigenvalue weighted by atomic mass is 32.2. The highest BCUT2D eigenvalue weighted by molar-refractivity contribution is 7.89. The van der Waals surface area contributed by atoms with E-state index in [0.717, 1.165) is 19.7 Å². The standard InChI is InChI=1S/C8H11N7O5S/c1-13(2)21(19,20)6-5-11-12-15(4-10-7(16)17)8(18)14(5)3-9-6/h3,10H,4H2,1-2H3,(H,16,17). The summed E-state index contributed by atoms with van der Waals surface area (Å²) in [5, 5.41) is 17.1. The maximum atomic E-state index is 12.0. The van der Waals surface area contributed by atoms with Gasteiger partial charge < -0.3 is 10.4 Å². The Bertz CT molecular complexity index is 852. The molecule has 1 amide bonds. The molecular formula is C8H11N7O5S. The quantitative estimate of drug-likeness (QED) is 0.642. The molecule has 2 heterocycles. The zero-order valence-electron chi connectivity index (χ0n) is 11.0. The van der Waals surface area contributed by atoms with Crippen molar-refractivity contribution in [2.75, 3.05) is 14.1 Å². The summed E-state index contributed by atoms with van der Waals surface area (Å²) in [6.45, 7) is -0.426. The van der Waals surface area contributed by atoms with E-state index in [4.69, 9.17) is 5.11 Å². The van der Waals surface area contributed by atoms with E-state index >= 15 is 0 Å². The van der Waals surface area contributed by atoms with Gasteiger partial charge in [0.25, 0.3) is 10.0 Å². The van der Waals surface area contributed by atoms with Crippen molar-refractivity contribution in [3.8, 4) is 0 Å². The van der Waals surface area contributed by atoms with Gasteiger partial charge in [0.15, 0.2) is 0 Å². The number of hydrogen-bond donors (Lipinski definition) is 2. The van der Waals surface area contributed by atoms with Gasteiger partial charge in [0, 0.05) is 14.1 Å². The van der Waals surface area contributed by atoms with Crippen molar-refractivity contribution < 1.29 is 18.3 Å². The lowest BCUT2D eigenvalue weighted by molar-refractivity contribution is 0.190. The summed E-state index contributed by atoms with van der Waals surface area (Å²) in [6, 6.07) is 0. The minimum Gasteiger partial charge on any atom is -0.465 e. The number of nitrogens with zero attached hydrogens (tertiary/aromatic N) is 6. The number of fused-ring (bicyclic) bond motifs is 1. The second-order valence-corrected chi connectivity index (χ2v) is 6.11. The lowest BCUT2D eigenvalue weighted by Crippen LogP contribution is -2.36. The van der Waals surface area contributed by atoms with Gasteiger partial charge in [0.1, 0.15) is 13.0 Å². The Morgan fingerprint density at radius 1 is 1.48 bits per heavy atom. The van der Waals surface area contributed by atoms with Crippen LogP contribution in [0.3, 0.4) is 0 Å². The Morgan fingerprint density at radius 3 is 2.71 bits per heavy atom. The molecule has 2 rings (SSSR count). The fourth-order valence-electron chi connectivity index (χ4n) is 1.41. The highest BCUT2D eigenvalue weighted by Crippen LogP contribution is 2.13. The fourth-order valence-corrected chi connectivity index (χ4v) is 2.31. The molecule has 0 bridgehead atoms. The molecule has 0 saturated heterocycles. The van der Waals surface area contributed by atoms with Crippen LogP contribution < -0.4 is 11.0 Å². The van der Waals surface area contributed by atoms with Crippen LogP contribution in [-0.4, -0.2) is 62.4 Å². The number of aromatic nitrogens is 5. The molecular weight excluding hydrogens is 306 g/mol. The molecule has 114 valence electrons. The van der Waals surface area contributed by atoms with Gasteiger partial charge in [-0.1, -0.05) is 5.21 Å². The van der Waals surface area contributed by atoms with Gasteiger partial charge in [0.2, 0.25) is 10.7 Å². The smallest absolute Gasteiger partial charge is 0.406 e. The third-order valence-corrected chi connectivity index (χ3v) is 4.23. The first-order valence-corrected chi connectivity index (χ1v) is 6.89. The van der Waals surface area contributed by atoms with Crippen LogP contribution in [0.15, 0.2) is 16.1 Å². The van der Waals surface area contributed by atoms with Crippen molar-refractivity contribution in [2.45, 2.75) is 11.7 Å². The van der Waals surface area contributed by atoms with Crippen LogP contribution in [0.2, 0.25) is 0 Å². The number of carbonyl (C=O) groups is 1. The first-order chi connectivity index (χ1) is 9.75. The van der Waals surface area contributed by atoms with Crippen molar-refractivity contribution in [3.63, 3.8) is 0 Å². The molecule has 2 aromatic rings. The van der Waals surface area contributed by atoms with Crippen LogP contribution in [-0.2, 0) is 16.7 Å². The first kappa shape index (κ1) is 14.9. The van der Waals surface area contributed by atoms with Gasteiger partial charge in [-0.05, 0) is 0 Å². The van der Waals surface area contributed by atoms with Gasteiger partial charge in [-0.25, -0.2) is 31.7 Å². The number of sulfonamides is 1. The molecule has 0 spiro atoms. The average Bonchev–Trinajstić information content (AvgIpc) is 2.82. The van der Waals surface area contributed by atoms with E-state index in [9.17, 15) is 18.0 Å². The SMILES string of the molecule is CN(C)S(=O)(=O)c1ncn2c(=O)n(CNC(=O)O)nnc12. The van der Waals surface area contributed by atoms with Gasteiger partial charge in [-0.2, -0.15) is 4.68 Å². The molecule has 0 aliphatic rings. The monoisotopic (exact) mass is 317 g/mol. The summed E-state index contributed by atoms with van der Waals surface area (Å²) in [7, 11) is -1.25. The zero-order chi connectivity index (χ0) is 15.8. The molecule has 2 N–H and O–H groups in total. The van der Waals surface area contributed by atoms with Crippen LogP contribution in [0.25, 0.3) is 5.65 Å². The minimum absolute atomic E-state index is 0.236. The maximum Gasteiger partial charge on any atom is 0.406 e. The Morgan fingerprint density at radius 2 is 2.14 bits per heavy atom. The molecule has 21 heavy (non-hydrogen) atoms. The van der Waals surface area contributed by atoms with Crippen molar-refractivity contribution in [1.29, 1.82) is 0 Å². The normalized spacial score (nSPS) is 12.0. The van der Waals surface area contributed by atoms with Crippen molar-refractivity contribution >= 4 is 21.8 Å². The van der Waals surface area contributed by atoms with Crippen LogP contribution >= 0.6 is 0 Å². The predicted octanol–water partition coefficient (Wildman–Crippen LogP) is -2.24. The first-order valence-electron chi connectivity index (χ1n) is 5.45. The van der Waals surface area contributed by atoms with Crippen LogP contribution in [0.5, 0.6) is 0 Å². The molecule has 2 aromatic heterocycles. The summed E-state index contributed by atoms with van der Waals surface area (Å²) >= 11 is 0. The molecule has 0 fully saturated rings. The number of rotatable bonds is 4. The number of hydrogen-bond acceptors (Lipinski definition) is 7. The molecule has 12 nitrogen and oxygen atoms in total. The molecule has 0 aliphatic carbocycles. The van der Waals surface area contributed by atoms with E-state index in [-0.39, 0.29) is 5.65 Å². The van der Waals surface area contributed by atoms with E-state index in [1.807, 2.05) is 5.32 Å². The van der Waals surface area contributed by atoms with E-state index in [1.165, 1.54) is 14.1 Å². The van der Waals surface area contributed by atoms with Gasteiger partial charge in [-0.3, -0.25) is 0 Å². The summed E-state index contributed by atoms with van der Waals surface area (Å²) in [6.07, 6.45) is -0.356. The van der Waals surface area contributed by atoms with Crippen LogP contribution in [0, 0.1) is 0 Å². The summed E-state index contributed by atoms with van der Waals surface area (Å²) < 4.78 is 26.5. The summed E-state index contributed by atoms with van der Waals surface area (Å²) in [5.74, 6) is 0. The zero-order valence-corrected chi connectivity index (χ0v) is 11.8. The molecule has 0 atom stereocenters. The van der Waals surface area contributed by atoms with Gasteiger partial charge in [0.05, 0.1) is 0 Å². The lowest BCUT2D eigenvalue weighted by Gasteiger charge is -2.08. The Balaban J connectivity index is 2.56. The van der Waals surface area contributed by atoms with Gasteiger partial charge in [-0.15, -0.1) is 5.10 Å². The second-order valence-electron chi connectivity index (χ2n) is 4.04. The van der Waals surface area contributed by atoms with Crippen LogP contribution in [0.1, 0.15) is 0 Å². The lowest BCUT2D eigenvalue weighted by atomic mass is 10.8. The Kier molecular flexibility index (Phi) is 3.61. The number of nitrogens with one attached hydrogen (secondary N) is 1. The fraction of sp³-hybridized carbons (Fsp3) is 0.375. The van der Waals surface area contributed by atoms with Crippen molar-refractivity contribution in [1.82, 2.24) is 34.0 Å². The number of carboxylic acid groups (broad SMARTS) is 1. The van der Waals surface area contributed by atoms with Crippen molar-refractivity contribution in [3.05, 3.63) is 16.8 Å². The Labute approximate surface area is 117 Å². The van der Waals surface area contributed by atoms with E-state index in [0.29, 0.717) is 0 Å². The molecule has 0 radical (unpaired) electrons. The molecule has 13 heteroatoms. The predicted molar refractivity (Wildman–Crippen MR) is 67.1 cm³/mol. The molecule has 0 unspecified atom stereocenters. The number of imidazole rings is 1. The van der Waals surface area contributed by atoms with Crippen LogP contribution in [0.4, 0.5) is 4.79 Å². The summed E-state index contributed by atoms with van der Waals surface area (Å²) in [4.78, 5) is 26.0. The topological polar surface area (TPSA) is 152 Å². The molecule has 0 saturated carbocycles. The highest BCUT2D eigenvalue weighted by Gasteiger charge is 2.25. The second kappa shape index (κ2) is 5.10. The van der Waals surface area contributed by atoms with Crippen molar-refractivity contribution in [2.24, 2.45) is 0 Å². The van der Waals surface area contributed by atoms with E-state index < -0.39 is 33.5 Å². The van der Waals surface area contributed by atoms with E-state index in [2.05, 4.69) is 15.3 Å². The summed E-state index contributed by atoms with van der Waals surface area (Å²) in [5.41, 5.74) is -1.01. The third kappa shape index (κ3) is 2.55. The molecule has 0 aromatic carbocycles. The number of amides is 1. The Hall–Kier alpha value is -2.54. The minimum atomic E-state index is -3.87.